The first-order valence-corrected chi connectivity index (χ1v) is 8.37. The quantitative estimate of drug-likeness (QED) is 0.850. The molecule has 0 radical (unpaired) electrons. The van der Waals surface area contributed by atoms with Crippen LogP contribution in [0.3, 0.4) is 0 Å². The summed E-state index contributed by atoms with van der Waals surface area (Å²) >= 11 is 0. The predicted molar refractivity (Wildman–Crippen MR) is 88.9 cm³/mol. The molecule has 7 heteroatoms. The van der Waals surface area contributed by atoms with E-state index in [1.807, 2.05) is 17.9 Å². The molecule has 1 saturated carbocycles. The first-order chi connectivity index (χ1) is 11.7. The van der Waals surface area contributed by atoms with Gasteiger partial charge in [-0.3, -0.25) is 9.78 Å². The predicted octanol–water partition coefficient (Wildman–Crippen LogP) is 1.41. The van der Waals surface area contributed by atoms with Gasteiger partial charge < -0.3 is 9.80 Å². The van der Waals surface area contributed by atoms with Crippen LogP contribution in [0, 0.1) is 6.92 Å². The van der Waals surface area contributed by atoms with E-state index in [2.05, 4.69) is 31.1 Å². The van der Waals surface area contributed by atoms with Crippen LogP contribution in [0.15, 0.2) is 24.5 Å². The Morgan fingerprint density at radius 3 is 2.42 bits per heavy atom. The van der Waals surface area contributed by atoms with Gasteiger partial charge in [-0.05, 0) is 31.9 Å². The van der Waals surface area contributed by atoms with Crippen molar-refractivity contribution in [2.24, 2.45) is 0 Å². The molecule has 0 spiro atoms. The largest absolute Gasteiger partial charge is 0.352 e. The molecule has 1 aliphatic heterocycles. The molecule has 2 aromatic heterocycles. The van der Waals surface area contributed by atoms with Crippen molar-refractivity contribution in [2.75, 3.05) is 31.1 Å². The Labute approximate surface area is 140 Å². The molecule has 2 fully saturated rings. The maximum absolute atomic E-state index is 12.5. The number of aryl methyl sites for hydroxylation is 1. The number of nitrogens with zero attached hydrogens (tertiary/aromatic N) is 6. The molecule has 4 rings (SSSR count). The minimum Gasteiger partial charge on any atom is -0.352 e. The Kier molecular flexibility index (Phi) is 3.84. The lowest BCUT2D eigenvalue weighted by molar-refractivity contribution is 0.0740. The van der Waals surface area contributed by atoms with Crippen molar-refractivity contribution in [3.8, 4) is 0 Å². The second-order valence-corrected chi connectivity index (χ2v) is 6.41. The standard InChI is InChI=1S/C17H20N6O/c1-12-10-19-15(11-18-12)17(24)23-8-6-22(7-9-23)16-5-4-14(20-21-16)13-2-3-13/h4-5,10-11,13H,2-3,6-9H2,1H3. The van der Waals surface area contributed by atoms with Gasteiger partial charge in [0.2, 0.25) is 0 Å². The summed E-state index contributed by atoms with van der Waals surface area (Å²) in [5.41, 5.74) is 2.32. The number of amides is 1. The highest BCUT2D eigenvalue weighted by atomic mass is 16.2. The van der Waals surface area contributed by atoms with Gasteiger partial charge >= 0.3 is 0 Å². The fourth-order valence-corrected chi connectivity index (χ4v) is 2.90. The second kappa shape index (κ2) is 6.14. The van der Waals surface area contributed by atoms with Crippen LogP contribution in [0.5, 0.6) is 0 Å². The van der Waals surface area contributed by atoms with Crippen LogP contribution in [-0.4, -0.2) is 57.2 Å². The van der Waals surface area contributed by atoms with E-state index >= 15 is 0 Å². The molecule has 0 unspecified atom stereocenters. The highest BCUT2D eigenvalue weighted by Gasteiger charge is 2.27. The Morgan fingerprint density at radius 1 is 1.04 bits per heavy atom. The van der Waals surface area contributed by atoms with Crippen LogP contribution < -0.4 is 4.90 Å². The van der Waals surface area contributed by atoms with Gasteiger partial charge in [-0.2, -0.15) is 5.10 Å². The van der Waals surface area contributed by atoms with Gasteiger partial charge in [0.1, 0.15) is 5.69 Å². The molecule has 124 valence electrons. The first kappa shape index (κ1) is 15.0. The van der Waals surface area contributed by atoms with Crippen molar-refractivity contribution in [1.29, 1.82) is 0 Å². The lowest BCUT2D eigenvalue weighted by Crippen LogP contribution is -2.49. The van der Waals surface area contributed by atoms with E-state index in [9.17, 15) is 4.79 Å². The third-order valence-corrected chi connectivity index (χ3v) is 4.56. The molecule has 1 aliphatic carbocycles. The lowest BCUT2D eigenvalue weighted by atomic mass is 10.2. The zero-order chi connectivity index (χ0) is 16.5. The van der Waals surface area contributed by atoms with Crippen molar-refractivity contribution in [3.63, 3.8) is 0 Å². The number of aromatic nitrogens is 4. The van der Waals surface area contributed by atoms with Gasteiger partial charge in [0, 0.05) is 38.3 Å². The minimum absolute atomic E-state index is 0.0580. The van der Waals surface area contributed by atoms with Crippen molar-refractivity contribution in [1.82, 2.24) is 25.1 Å². The van der Waals surface area contributed by atoms with E-state index in [1.165, 1.54) is 12.8 Å². The SMILES string of the molecule is Cc1cnc(C(=O)N2CCN(c3ccc(C4CC4)nn3)CC2)cn1. The normalized spacial score (nSPS) is 17.9. The third kappa shape index (κ3) is 3.06. The van der Waals surface area contributed by atoms with Crippen molar-refractivity contribution in [2.45, 2.75) is 25.7 Å². The Balaban J connectivity index is 1.37. The van der Waals surface area contributed by atoms with Crippen molar-refractivity contribution >= 4 is 11.7 Å². The molecular formula is C17H20N6O. The average molecular weight is 324 g/mol. The van der Waals surface area contributed by atoms with E-state index in [0.717, 1.165) is 30.3 Å². The maximum Gasteiger partial charge on any atom is 0.274 e. The molecule has 0 N–H and O–H groups in total. The maximum atomic E-state index is 12.5. The van der Waals surface area contributed by atoms with Gasteiger partial charge in [0.25, 0.3) is 5.91 Å². The molecule has 2 aliphatic rings. The summed E-state index contributed by atoms with van der Waals surface area (Å²) in [6.45, 7) is 4.67. The topological polar surface area (TPSA) is 75.1 Å². The Bertz CT molecular complexity index is 718. The second-order valence-electron chi connectivity index (χ2n) is 6.41. The summed E-state index contributed by atoms with van der Waals surface area (Å²) in [6.07, 6.45) is 5.64. The molecule has 24 heavy (non-hydrogen) atoms. The van der Waals surface area contributed by atoms with E-state index in [0.29, 0.717) is 24.7 Å². The lowest BCUT2D eigenvalue weighted by Gasteiger charge is -2.35. The van der Waals surface area contributed by atoms with E-state index in [1.54, 1.807) is 12.4 Å². The zero-order valence-electron chi connectivity index (χ0n) is 13.7. The highest BCUT2D eigenvalue weighted by Crippen LogP contribution is 2.38. The van der Waals surface area contributed by atoms with Crippen LogP contribution in [0.1, 0.15) is 40.6 Å². The number of hydrogen-bond acceptors (Lipinski definition) is 6. The van der Waals surface area contributed by atoms with E-state index in [-0.39, 0.29) is 5.91 Å². The van der Waals surface area contributed by atoms with Gasteiger partial charge in [-0.25, -0.2) is 4.98 Å². The summed E-state index contributed by atoms with van der Waals surface area (Å²) in [5.74, 6) is 1.45. The minimum atomic E-state index is -0.0580. The number of carbonyl (C=O) groups is 1. The molecule has 1 amide bonds. The Hall–Kier alpha value is -2.57. The summed E-state index contributed by atoms with van der Waals surface area (Å²) in [5, 5.41) is 8.69. The van der Waals surface area contributed by atoms with Crippen LogP contribution in [0.4, 0.5) is 5.82 Å². The zero-order valence-corrected chi connectivity index (χ0v) is 13.7. The third-order valence-electron chi connectivity index (χ3n) is 4.56. The van der Waals surface area contributed by atoms with Gasteiger partial charge in [-0.15, -0.1) is 5.10 Å². The fraction of sp³-hybridized carbons (Fsp3) is 0.471. The number of hydrogen-bond donors (Lipinski definition) is 0. The molecule has 0 bridgehead atoms. The monoisotopic (exact) mass is 324 g/mol. The molecule has 1 saturated heterocycles. The van der Waals surface area contributed by atoms with Crippen LogP contribution in [0.2, 0.25) is 0 Å². The van der Waals surface area contributed by atoms with Gasteiger partial charge in [0.15, 0.2) is 5.82 Å². The van der Waals surface area contributed by atoms with Gasteiger partial charge in [-0.1, -0.05) is 0 Å². The van der Waals surface area contributed by atoms with Crippen LogP contribution in [-0.2, 0) is 0 Å². The number of carbonyl (C=O) groups excluding carboxylic acids is 1. The molecule has 0 atom stereocenters. The first-order valence-electron chi connectivity index (χ1n) is 8.37. The summed E-state index contributed by atoms with van der Waals surface area (Å²) in [7, 11) is 0. The smallest absolute Gasteiger partial charge is 0.274 e. The van der Waals surface area contributed by atoms with Gasteiger partial charge in [0.05, 0.1) is 17.6 Å². The summed E-state index contributed by atoms with van der Waals surface area (Å²) in [4.78, 5) is 24.8. The molecule has 2 aromatic rings. The number of anilines is 1. The molecule has 7 nitrogen and oxygen atoms in total. The van der Waals surface area contributed by atoms with E-state index in [4.69, 9.17) is 0 Å². The van der Waals surface area contributed by atoms with Crippen molar-refractivity contribution in [3.05, 3.63) is 41.6 Å². The Morgan fingerprint density at radius 2 is 1.83 bits per heavy atom. The summed E-state index contributed by atoms with van der Waals surface area (Å²) in [6, 6.07) is 4.13. The summed E-state index contributed by atoms with van der Waals surface area (Å²) < 4.78 is 0. The molecule has 0 aromatic carbocycles. The molecular weight excluding hydrogens is 304 g/mol. The number of rotatable bonds is 3. The highest BCUT2D eigenvalue weighted by molar-refractivity contribution is 5.92. The molecule has 3 heterocycles. The van der Waals surface area contributed by atoms with Crippen LogP contribution in [0.25, 0.3) is 0 Å². The van der Waals surface area contributed by atoms with Crippen LogP contribution >= 0.6 is 0 Å². The number of piperazine rings is 1. The fourth-order valence-electron chi connectivity index (χ4n) is 2.90. The van der Waals surface area contributed by atoms with Crippen molar-refractivity contribution < 1.29 is 4.79 Å². The van der Waals surface area contributed by atoms with E-state index < -0.39 is 0 Å². The average Bonchev–Trinajstić information content (AvgIpc) is 3.47.